The van der Waals surface area contributed by atoms with Crippen molar-refractivity contribution in [1.82, 2.24) is 5.32 Å². The summed E-state index contributed by atoms with van der Waals surface area (Å²) in [6, 6.07) is 10.2. The molecule has 0 saturated carbocycles. The second-order valence-corrected chi connectivity index (χ2v) is 6.12. The Bertz CT molecular complexity index is 877. The zero-order valence-corrected chi connectivity index (χ0v) is 15.5. The van der Waals surface area contributed by atoms with Crippen LogP contribution in [-0.2, 0) is 14.3 Å². The topological polar surface area (TPSA) is 105 Å². The highest BCUT2D eigenvalue weighted by molar-refractivity contribution is 5.96. The summed E-state index contributed by atoms with van der Waals surface area (Å²) in [6.45, 7) is 4.67. The van der Waals surface area contributed by atoms with E-state index in [0.29, 0.717) is 11.3 Å². The van der Waals surface area contributed by atoms with Gasteiger partial charge in [0.1, 0.15) is 11.3 Å². The van der Waals surface area contributed by atoms with Gasteiger partial charge in [-0.05, 0) is 49.6 Å². The zero-order valence-electron chi connectivity index (χ0n) is 15.5. The van der Waals surface area contributed by atoms with Crippen molar-refractivity contribution in [2.45, 2.75) is 20.8 Å². The summed E-state index contributed by atoms with van der Waals surface area (Å²) < 4.78 is 4.87. The van der Waals surface area contributed by atoms with Gasteiger partial charge >= 0.3 is 5.97 Å². The molecule has 0 radical (unpaired) electrons. The average Bonchev–Trinajstić information content (AvgIpc) is 2.64. The van der Waals surface area contributed by atoms with E-state index in [-0.39, 0.29) is 23.8 Å². The fourth-order valence-electron chi connectivity index (χ4n) is 2.34. The molecule has 0 aliphatic carbocycles. The number of para-hydroxylation sites is 1. The summed E-state index contributed by atoms with van der Waals surface area (Å²) in [5.74, 6) is -2.01. The number of aryl methyl sites for hydroxylation is 2. The van der Waals surface area contributed by atoms with Gasteiger partial charge in [0.15, 0.2) is 6.61 Å². The van der Waals surface area contributed by atoms with Crippen LogP contribution in [0, 0.1) is 20.8 Å². The van der Waals surface area contributed by atoms with Crippen molar-refractivity contribution in [2.24, 2.45) is 0 Å². The van der Waals surface area contributed by atoms with Gasteiger partial charge in [0.2, 0.25) is 5.91 Å². The minimum Gasteiger partial charge on any atom is -0.507 e. The Morgan fingerprint density at radius 2 is 1.63 bits per heavy atom. The van der Waals surface area contributed by atoms with Crippen LogP contribution in [-0.4, -0.2) is 36.0 Å². The standard InChI is InChI=1S/C20H22N2O5/c1-12-6-5-9-16(14(12)3)22-17(23)10-21-18(24)11-27-20(26)15-8-4-7-13(2)19(15)25/h4-9,25H,10-11H2,1-3H3,(H,21,24)(H,22,23). The number of hydrogen-bond acceptors (Lipinski definition) is 5. The number of phenolic OH excluding ortho intramolecular Hbond substituents is 1. The van der Waals surface area contributed by atoms with Crippen molar-refractivity contribution in [1.29, 1.82) is 0 Å². The van der Waals surface area contributed by atoms with Gasteiger partial charge in [0.05, 0.1) is 6.54 Å². The lowest BCUT2D eigenvalue weighted by molar-refractivity contribution is -0.126. The SMILES string of the molecule is Cc1cccc(NC(=O)CNC(=O)COC(=O)c2cccc(C)c2O)c1C. The maximum Gasteiger partial charge on any atom is 0.342 e. The molecule has 2 aromatic carbocycles. The van der Waals surface area contributed by atoms with E-state index < -0.39 is 18.5 Å². The zero-order chi connectivity index (χ0) is 20.0. The summed E-state index contributed by atoms with van der Waals surface area (Å²) in [6.07, 6.45) is 0. The predicted octanol–water partition coefficient (Wildman–Crippen LogP) is 2.23. The molecule has 2 aromatic rings. The van der Waals surface area contributed by atoms with Crippen molar-refractivity contribution in [3.05, 3.63) is 58.7 Å². The molecular weight excluding hydrogens is 348 g/mol. The van der Waals surface area contributed by atoms with Crippen molar-refractivity contribution >= 4 is 23.5 Å². The van der Waals surface area contributed by atoms with Crippen LogP contribution in [0.5, 0.6) is 5.75 Å². The monoisotopic (exact) mass is 370 g/mol. The molecule has 0 bridgehead atoms. The minimum absolute atomic E-state index is 0.0181. The number of benzene rings is 2. The number of carbonyl (C=O) groups excluding carboxylic acids is 3. The van der Waals surface area contributed by atoms with Gasteiger partial charge in [-0.1, -0.05) is 24.3 Å². The molecule has 0 aliphatic heterocycles. The summed E-state index contributed by atoms with van der Waals surface area (Å²) in [7, 11) is 0. The summed E-state index contributed by atoms with van der Waals surface area (Å²) >= 11 is 0. The summed E-state index contributed by atoms with van der Waals surface area (Å²) in [4.78, 5) is 35.7. The maximum absolute atomic E-state index is 12.0. The van der Waals surface area contributed by atoms with E-state index in [2.05, 4.69) is 10.6 Å². The van der Waals surface area contributed by atoms with E-state index in [0.717, 1.165) is 11.1 Å². The molecule has 0 saturated heterocycles. The van der Waals surface area contributed by atoms with Gasteiger partial charge < -0.3 is 20.5 Å². The van der Waals surface area contributed by atoms with Crippen molar-refractivity contribution < 1.29 is 24.2 Å². The van der Waals surface area contributed by atoms with Crippen LogP contribution in [0.4, 0.5) is 5.69 Å². The number of ether oxygens (including phenoxy) is 1. The van der Waals surface area contributed by atoms with Crippen LogP contribution in [0.25, 0.3) is 0 Å². The molecule has 27 heavy (non-hydrogen) atoms. The molecule has 0 heterocycles. The number of nitrogens with one attached hydrogen (secondary N) is 2. The number of esters is 1. The van der Waals surface area contributed by atoms with Crippen molar-refractivity contribution in [2.75, 3.05) is 18.5 Å². The van der Waals surface area contributed by atoms with Crippen LogP contribution >= 0.6 is 0 Å². The van der Waals surface area contributed by atoms with Gasteiger partial charge in [0, 0.05) is 5.69 Å². The Labute approximate surface area is 157 Å². The Kier molecular flexibility index (Phi) is 6.54. The molecule has 0 fully saturated rings. The molecule has 0 spiro atoms. The third-order valence-corrected chi connectivity index (χ3v) is 4.12. The van der Waals surface area contributed by atoms with Crippen LogP contribution in [0.3, 0.4) is 0 Å². The van der Waals surface area contributed by atoms with Gasteiger partial charge in [0.25, 0.3) is 5.91 Å². The Balaban J connectivity index is 1.80. The smallest absolute Gasteiger partial charge is 0.342 e. The third-order valence-electron chi connectivity index (χ3n) is 4.12. The van der Waals surface area contributed by atoms with Gasteiger partial charge in [-0.3, -0.25) is 9.59 Å². The fraction of sp³-hybridized carbons (Fsp3) is 0.250. The van der Waals surface area contributed by atoms with E-state index in [1.165, 1.54) is 6.07 Å². The van der Waals surface area contributed by atoms with E-state index >= 15 is 0 Å². The molecule has 2 rings (SSSR count). The largest absolute Gasteiger partial charge is 0.507 e. The molecule has 7 heteroatoms. The van der Waals surface area contributed by atoms with Gasteiger partial charge in [-0.25, -0.2) is 4.79 Å². The second-order valence-electron chi connectivity index (χ2n) is 6.12. The van der Waals surface area contributed by atoms with Crippen LogP contribution < -0.4 is 10.6 Å². The van der Waals surface area contributed by atoms with Crippen molar-refractivity contribution in [3.63, 3.8) is 0 Å². The van der Waals surface area contributed by atoms with E-state index in [9.17, 15) is 19.5 Å². The van der Waals surface area contributed by atoms with Crippen LogP contribution in [0.15, 0.2) is 36.4 Å². The Hall–Kier alpha value is -3.35. The second kappa shape index (κ2) is 8.84. The van der Waals surface area contributed by atoms with E-state index in [1.807, 2.05) is 26.0 Å². The molecule has 142 valence electrons. The summed E-state index contributed by atoms with van der Waals surface area (Å²) in [5, 5.41) is 14.9. The number of amides is 2. The molecule has 0 aliphatic rings. The highest BCUT2D eigenvalue weighted by atomic mass is 16.5. The normalized spacial score (nSPS) is 10.2. The highest BCUT2D eigenvalue weighted by Gasteiger charge is 2.16. The van der Waals surface area contributed by atoms with E-state index in [1.54, 1.807) is 25.1 Å². The first-order valence-electron chi connectivity index (χ1n) is 8.38. The third kappa shape index (κ3) is 5.31. The number of anilines is 1. The number of hydrogen-bond donors (Lipinski definition) is 3. The molecule has 7 nitrogen and oxygen atoms in total. The van der Waals surface area contributed by atoms with Crippen LogP contribution in [0.2, 0.25) is 0 Å². The maximum atomic E-state index is 12.0. The average molecular weight is 370 g/mol. The lowest BCUT2D eigenvalue weighted by Crippen LogP contribution is -2.35. The number of carbonyl (C=O) groups is 3. The number of phenols is 1. The van der Waals surface area contributed by atoms with E-state index in [4.69, 9.17) is 4.74 Å². The lowest BCUT2D eigenvalue weighted by Gasteiger charge is -2.11. The molecule has 2 amide bonds. The summed E-state index contributed by atoms with van der Waals surface area (Å²) in [5.41, 5.74) is 3.18. The van der Waals surface area contributed by atoms with Gasteiger partial charge in [-0.2, -0.15) is 0 Å². The molecular formula is C20H22N2O5. The molecule has 0 aromatic heterocycles. The predicted molar refractivity (Wildman–Crippen MR) is 101 cm³/mol. The van der Waals surface area contributed by atoms with Crippen LogP contribution in [0.1, 0.15) is 27.0 Å². The lowest BCUT2D eigenvalue weighted by atomic mass is 10.1. The Morgan fingerprint density at radius 1 is 0.963 bits per heavy atom. The fourth-order valence-corrected chi connectivity index (χ4v) is 2.34. The first-order valence-corrected chi connectivity index (χ1v) is 8.38. The van der Waals surface area contributed by atoms with Crippen molar-refractivity contribution in [3.8, 4) is 5.75 Å². The number of rotatable bonds is 6. The molecule has 3 N–H and O–H groups in total. The minimum atomic E-state index is -0.814. The first-order chi connectivity index (χ1) is 12.8. The van der Waals surface area contributed by atoms with Gasteiger partial charge in [-0.15, -0.1) is 0 Å². The first kappa shape index (κ1) is 20.0. The number of aromatic hydroxyl groups is 1. The Morgan fingerprint density at radius 3 is 2.37 bits per heavy atom. The quantitative estimate of drug-likeness (QED) is 0.677. The molecule has 0 atom stereocenters. The highest BCUT2D eigenvalue weighted by Crippen LogP contribution is 2.22. The molecule has 0 unspecified atom stereocenters.